The highest BCUT2D eigenvalue weighted by Crippen LogP contribution is 2.24. The zero-order valence-electron chi connectivity index (χ0n) is 15.6. The molecule has 3 heterocycles. The number of hydrogen-bond donors (Lipinski definition) is 0. The minimum absolute atomic E-state index is 0.170. The van der Waals surface area contributed by atoms with Crippen LogP contribution in [-0.2, 0) is 26.2 Å². The molecule has 2 aliphatic rings. The van der Waals surface area contributed by atoms with Crippen LogP contribution in [0.4, 0.5) is 0 Å². The number of nitrogens with zero attached hydrogens (tertiary/aromatic N) is 2. The Labute approximate surface area is 167 Å². The van der Waals surface area contributed by atoms with Crippen LogP contribution < -0.4 is 10.2 Å². The van der Waals surface area contributed by atoms with Gasteiger partial charge in [0.05, 0.1) is 12.1 Å². The number of ether oxygens (including phenoxy) is 1. The number of amides is 1. The second kappa shape index (κ2) is 7.14. The fourth-order valence-corrected chi connectivity index (χ4v) is 3.72. The summed E-state index contributed by atoms with van der Waals surface area (Å²) in [6.45, 7) is 2.48. The fourth-order valence-electron chi connectivity index (χ4n) is 3.72. The van der Waals surface area contributed by atoms with Crippen molar-refractivity contribution in [2.75, 3.05) is 0 Å². The largest absolute Gasteiger partial charge is 0.482 e. The van der Waals surface area contributed by atoms with Gasteiger partial charge in [0, 0.05) is 30.9 Å². The van der Waals surface area contributed by atoms with E-state index in [0.717, 1.165) is 24.2 Å². The minimum Gasteiger partial charge on any atom is -0.482 e. The maximum absolute atomic E-state index is 12.4. The second-order valence-electron chi connectivity index (χ2n) is 7.26. The van der Waals surface area contributed by atoms with Crippen LogP contribution in [-0.4, -0.2) is 17.0 Å². The molecule has 0 spiro atoms. The summed E-state index contributed by atoms with van der Waals surface area (Å²) in [5.74, 6) is 0.552. The third kappa shape index (κ3) is 3.50. The van der Waals surface area contributed by atoms with Gasteiger partial charge in [-0.05, 0) is 28.8 Å². The van der Waals surface area contributed by atoms with Crippen molar-refractivity contribution in [3.05, 3.63) is 98.6 Å². The molecule has 144 valence electrons. The lowest BCUT2D eigenvalue weighted by Gasteiger charge is -2.14. The maximum Gasteiger partial charge on any atom is 0.277 e. The van der Waals surface area contributed by atoms with E-state index in [9.17, 15) is 9.59 Å². The van der Waals surface area contributed by atoms with E-state index >= 15 is 0 Å². The summed E-state index contributed by atoms with van der Waals surface area (Å²) in [4.78, 5) is 30.0. The molecular weight excluding hydrogens is 368 g/mol. The van der Waals surface area contributed by atoms with E-state index < -0.39 is 0 Å². The van der Waals surface area contributed by atoms with Gasteiger partial charge in [-0.1, -0.05) is 30.3 Å². The number of hydrogen-bond acceptors (Lipinski definition) is 5. The van der Waals surface area contributed by atoms with E-state index in [1.165, 1.54) is 23.5 Å². The lowest BCUT2D eigenvalue weighted by Crippen LogP contribution is -2.17. The van der Waals surface area contributed by atoms with Gasteiger partial charge in [-0.15, -0.1) is 0 Å². The standard InChI is InChI=1S/C23H18N2O4/c26-21-8-19(12-25-10-16-3-1-2-4-17(16)11-25)28-14-22(21)29-13-15-5-6-20-18(7-15)9-24-23(20)27/h1-9,14H,10-13H2. The summed E-state index contributed by atoms with van der Waals surface area (Å²) in [6.07, 6.45) is 2.92. The van der Waals surface area contributed by atoms with E-state index in [1.807, 2.05) is 18.2 Å². The summed E-state index contributed by atoms with van der Waals surface area (Å²) in [5.41, 5.74) is 4.63. The summed E-state index contributed by atoms with van der Waals surface area (Å²) in [5, 5.41) is 0. The summed E-state index contributed by atoms with van der Waals surface area (Å²) in [6, 6.07) is 15.2. The average Bonchev–Trinajstić information content (AvgIpc) is 3.30. The van der Waals surface area contributed by atoms with Crippen LogP contribution >= 0.6 is 0 Å². The first-order valence-electron chi connectivity index (χ1n) is 9.41. The number of fused-ring (bicyclic) bond motifs is 2. The van der Waals surface area contributed by atoms with Crippen LogP contribution in [0.2, 0.25) is 0 Å². The smallest absolute Gasteiger partial charge is 0.277 e. The van der Waals surface area contributed by atoms with Crippen LogP contribution in [0, 0.1) is 0 Å². The highest BCUT2D eigenvalue weighted by Gasteiger charge is 2.19. The van der Waals surface area contributed by atoms with Gasteiger partial charge >= 0.3 is 0 Å². The van der Waals surface area contributed by atoms with Gasteiger partial charge < -0.3 is 9.15 Å². The molecule has 3 aromatic rings. The molecule has 2 aromatic carbocycles. The van der Waals surface area contributed by atoms with Gasteiger partial charge in [-0.25, -0.2) is 4.99 Å². The molecule has 1 aromatic heterocycles. The Hall–Kier alpha value is -3.51. The van der Waals surface area contributed by atoms with E-state index in [-0.39, 0.29) is 23.7 Å². The second-order valence-corrected chi connectivity index (χ2v) is 7.26. The number of carbonyl (C=O) groups is 1. The summed E-state index contributed by atoms with van der Waals surface area (Å²) < 4.78 is 11.3. The van der Waals surface area contributed by atoms with E-state index in [2.05, 4.69) is 22.0 Å². The number of rotatable bonds is 5. The molecule has 0 aliphatic carbocycles. The van der Waals surface area contributed by atoms with Crippen molar-refractivity contribution < 1.29 is 13.9 Å². The molecule has 0 N–H and O–H groups in total. The summed E-state index contributed by atoms with van der Waals surface area (Å²) in [7, 11) is 0. The Balaban J connectivity index is 1.23. The number of carbonyl (C=O) groups excluding carboxylic acids is 1. The Morgan fingerprint density at radius 2 is 1.83 bits per heavy atom. The predicted molar refractivity (Wildman–Crippen MR) is 107 cm³/mol. The van der Waals surface area contributed by atoms with Gasteiger partial charge in [-0.3, -0.25) is 14.5 Å². The van der Waals surface area contributed by atoms with Gasteiger partial charge in [0.15, 0.2) is 0 Å². The lowest BCUT2D eigenvalue weighted by molar-refractivity contribution is 0.101. The quantitative estimate of drug-likeness (QED) is 0.673. The molecule has 1 amide bonds. The molecule has 0 saturated carbocycles. The third-order valence-corrected chi connectivity index (χ3v) is 5.20. The molecule has 0 bridgehead atoms. The monoisotopic (exact) mass is 386 g/mol. The first kappa shape index (κ1) is 17.6. The van der Waals surface area contributed by atoms with Crippen LogP contribution in [0.3, 0.4) is 0 Å². The number of benzene rings is 2. The molecule has 0 fully saturated rings. The van der Waals surface area contributed by atoms with Crippen molar-refractivity contribution >= 4 is 12.1 Å². The van der Waals surface area contributed by atoms with Gasteiger partial charge in [-0.2, -0.15) is 0 Å². The zero-order chi connectivity index (χ0) is 19.8. The normalized spacial score (nSPS) is 14.8. The van der Waals surface area contributed by atoms with E-state index in [0.29, 0.717) is 17.9 Å². The first-order valence-corrected chi connectivity index (χ1v) is 9.41. The number of aliphatic imine (C=N–C) groups is 1. The molecule has 6 heteroatoms. The molecule has 2 aliphatic heterocycles. The molecule has 0 atom stereocenters. The van der Waals surface area contributed by atoms with Crippen molar-refractivity contribution in [2.24, 2.45) is 4.99 Å². The molecular formula is C23H18N2O4. The van der Waals surface area contributed by atoms with Crippen LogP contribution in [0.1, 0.15) is 38.4 Å². The molecule has 5 rings (SSSR count). The summed E-state index contributed by atoms with van der Waals surface area (Å²) >= 11 is 0. The molecule has 6 nitrogen and oxygen atoms in total. The van der Waals surface area contributed by atoms with Crippen LogP contribution in [0.15, 0.2) is 69.0 Å². The molecule has 0 radical (unpaired) electrons. The zero-order valence-corrected chi connectivity index (χ0v) is 15.6. The van der Waals surface area contributed by atoms with Gasteiger partial charge in [0.1, 0.15) is 18.6 Å². The van der Waals surface area contributed by atoms with E-state index in [4.69, 9.17) is 9.15 Å². The van der Waals surface area contributed by atoms with Crippen molar-refractivity contribution in [3.63, 3.8) is 0 Å². The molecule has 0 unspecified atom stereocenters. The average molecular weight is 386 g/mol. The van der Waals surface area contributed by atoms with Crippen molar-refractivity contribution in [3.8, 4) is 5.75 Å². The Kier molecular flexibility index (Phi) is 4.33. The molecule has 0 saturated heterocycles. The third-order valence-electron chi connectivity index (χ3n) is 5.20. The lowest BCUT2D eigenvalue weighted by atomic mass is 10.1. The van der Waals surface area contributed by atoms with E-state index in [1.54, 1.807) is 18.3 Å². The molecule has 29 heavy (non-hydrogen) atoms. The Bertz CT molecular complexity index is 1170. The first-order chi connectivity index (χ1) is 14.2. The maximum atomic E-state index is 12.4. The van der Waals surface area contributed by atoms with Crippen molar-refractivity contribution in [1.82, 2.24) is 4.90 Å². The van der Waals surface area contributed by atoms with Gasteiger partial charge in [0.2, 0.25) is 11.2 Å². The highest BCUT2D eigenvalue weighted by atomic mass is 16.5. The Morgan fingerprint density at radius 1 is 1.03 bits per heavy atom. The SMILES string of the molecule is O=C1N=Cc2cc(COc3coc(CN4Cc5ccccc5C4)cc3=O)ccc21. The highest BCUT2D eigenvalue weighted by molar-refractivity contribution is 6.12. The van der Waals surface area contributed by atoms with Crippen molar-refractivity contribution in [1.29, 1.82) is 0 Å². The Morgan fingerprint density at radius 3 is 2.59 bits per heavy atom. The van der Waals surface area contributed by atoms with Crippen LogP contribution in [0.5, 0.6) is 5.75 Å². The predicted octanol–water partition coefficient (Wildman–Crippen LogP) is 3.31. The minimum atomic E-state index is -0.232. The topological polar surface area (TPSA) is 72.1 Å². The van der Waals surface area contributed by atoms with Crippen LogP contribution in [0.25, 0.3) is 0 Å². The fraction of sp³-hybridized carbons (Fsp3) is 0.174. The van der Waals surface area contributed by atoms with Crippen molar-refractivity contribution in [2.45, 2.75) is 26.2 Å². The van der Waals surface area contributed by atoms with Gasteiger partial charge in [0.25, 0.3) is 5.91 Å².